The normalized spacial score (nSPS) is 16.2. The second-order valence-corrected chi connectivity index (χ2v) is 8.40. The van der Waals surface area contributed by atoms with Gasteiger partial charge < -0.3 is 14.5 Å². The maximum Gasteiger partial charge on any atom is 0.287 e. The van der Waals surface area contributed by atoms with Gasteiger partial charge in [0.1, 0.15) is 5.58 Å². The predicted octanol–water partition coefficient (Wildman–Crippen LogP) is 3.42. The topological polar surface area (TPSA) is 71.8 Å². The molecule has 0 unspecified atom stereocenters. The van der Waals surface area contributed by atoms with Gasteiger partial charge in [0.15, 0.2) is 11.2 Å². The summed E-state index contributed by atoms with van der Waals surface area (Å²) >= 11 is 5.01. The van der Waals surface area contributed by atoms with Crippen molar-refractivity contribution in [2.24, 2.45) is 0 Å². The molecule has 3 heterocycles. The summed E-state index contributed by atoms with van der Waals surface area (Å²) in [7, 11) is 0. The highest BCUT2D eigenvalue weighted by Crippen LogP contribution is 2.25. The number of thiophene rings is 1. The Labute approximate surface area is 174 Å². The van der Waals surface area contributed by atoms with E-state index in [1.165, 1.54) is 10.9 Å². The van der Waals surface area contributed by atoms with E-state index in [-0.39, 0.29) is 17.2 Å². The summed E-state index contributed by atoms with van der Waals surface area (Å²) in [5, 5.41) is 5.40. The number of nitrogens with zero attached hydrogens (tertiary/aromatic N) is 1. The van der Waals surface area contributed by atoms with Gasteiger partial charge in [-0.25, -0.2) is 0 Å². The highest BCUT2D eigenvalue weighted by molar-refractivity contribution is 9.10. The summed E-state index contributed by atoms with van der Waals surface area (Å²) in [4.78, 5) is 28.5. The van der Waals surface area contributed by atoms with Crippen molar-refractivity contribution < 1.29 is 13.9 Å². The first kappa shape index (κ1) is 19.3. The molecule has 4 rings (SSSR count). The van der Waals surface area contributed by atoms with E-state index in [0.717, 1.165) is 17.6 Å². The van der Waals surface area contributed by atoms with Crippen LogP contribution in [0, 0.1) is 0 Å². The van der Waals surface area contributed by atoms with Crippen LogP contribution < -0.4 is 10.7 Å². The Kier molecular flexibility index (Phi) is 5.91. The lowest BCUT2D eigenvalue weighted by molar-refractivity contribution is 0.0168. The molecule has 1 aliphatic rings. The van der Waals surface area contributed by atoms with Gasteiger partial charge in [-0.05, 0) is 29.6 Å². The van der Waals surface area contributed by atoms with Gasteiger partial charge in [-0.2, -0.15) is 0 Å². The highest BCUT2D eigenvalue weighted by Gasteiger charge is 2.24. The number of hydrogen-bond acceptors (Lipinski definition) is 6. The summed E-state index contributed by atoms with van der Waals surface area (Å²) in [6.07, 6.45) is 0. The van der Waals surface area contributed by atoms with Gasteiger partial charge in [0.05, 0.1) is 24.6 Å². The molecule has 0 bridgehead atoms. The van der Waals surface area contributed by atoms with Crippen molar-refractivity contribution in [3.8, 4) is 0 Å². The number of carbonyl (C=O) groups is 1. The minimum atomic E-state index is -0.392. The third-order valence-corrected chi connectivity index (χ3v) is 6.19. The van der Waals surface area contributed by atoms with Gasteiger partial charge in [-0.1, -0.05) is 22.0 Å². The summed E-state index contributed by atoms with van der Waals surface area (Å²) < 4.78 is 11.9. The Morgan fingerprint density at radius 2 is 2.07 bits per heavy atom. The molecular formula is C20H19BrN2O4S. The fourth-order valence-electron chi connectivity index (χ4n) is 3.30. The van der Waals surface area contributed by atoms with Crippen molar-refractivity contribution in [1.82, 2.24) is 10.2 Å². The minimum absolute atomic E-state index is 0.0201. The fourth-order valence-corrected chi connectivity index (χ4v) is 4.52. The third kappa shape index (κ3) is 4.20. The maximum atomic E-state index is 12.7. The number of rotatable bonds is 5. The lowest BCUT2D eigenvalue weighted by atomic mass is 10.1. The average molecular weight is 463 g/mol. The lowest BCUT2D eigenvalue weighted by Crippen LogP contribution is -2.43. The van der Waals surface area contributed by atoms with Gasteiger partial charge in [-0.3, -0.25) is 14.5 Å². The van der Waals surface area contributed by atoms with Crippen LogP contribution in [0.1, 0.15) is 21.5 Å². The van der Waals surface area contributed by atoms with Crippen LogP contribution >= 0.6 is 27.3 Å². The summed E-state index contributed by atoms with van der Waals surface area (Å²) in [5.74, 6) is -0.372. The molecule has 1 fully saturated rings. The first-order chi connectivity index (χ1) is 13.6. The molecule has 1 aromatic carbocycles. The average Bonchev–Trinajstić information content (AvgIpc) is 3.24. The number of carbonyl (C=O) groups excluding carboxylic acids is 1. The fraction of sp³-hybridized carbons (Fsp3) is 0.300. The van der Waals surface area contributed by atoms with Crippen molar-refractivity contribution in [2.75, 3.05) is 32.8 Å². The van der Waals surface area contributed by atoms with Gasteiger partial charge in [0, 0.05) is 35.1 Å². The molecule has 0 radical (unpaired) electrons. The highest BCUT2D eigenvalue weighted by atomic mass is 79.9. The van der Waals surface area contributed by atoms with Gasteiger partial charge in [0.2, 0.25) is 0 Å². The van der Waals surface area contributed by atoms with Crippen molar-refractivity contribution in [2.45, 2.75) is 6.04 Å². The minimum Gasteiger partial charge on any atom is -0.451 e. The number of hydrogen-bond donors (Lipinski definition) is 1. The smallest absolute Gasteiger partial charge is 0.287 e. The van der Waals surface area contributed by atoms with Gasteiger partial charge in [-0.15, -0.1) is 11.3 Å². The van der Waals surface area contributed by atoms with E-state index < -0.39 is 5.91 Å². The van der Waals surface area contributed by atoms with E-state index in [1.54, 1.807) is 29.5 Å². The Bertz CT molecular complexity index is 1030. The van der Waals surface area contributed by atoms with Crippen LogP contribution in [-0.2, 0) is 4.74 Å². The summed E-state index contributed by atoms with van der Waals surface area (Å²) in [5.41, 5.74) is 0.152. The molecule has 8 heteroatoms. The number of nitrogens with one attached hydrogen (secondary N) is 1. The molecule has 3 aromatic rings. The van der Waals surface area contributed by atoms with E-state index >= 15 is 0 Å². The first-order valence-electron chi connectivity index (χ1n) is 8.98. The zero-order valence-corrected chi connectivity index (χ0v) is 17.4. The monoisotopic (exact) mass is 462 g/mol. The molecule has 0 aliphatic carbocycles. The van der Waals surface area contributed by atoms with E-state index in [0.29, 0.717) is 30.7 Å². The number of benzene rings is 1. The molecule has 1 saturated heterocycles. The summed E-state index contributed by atoms with van der Waals surface area (Å²) in [6, 6.07) is 10.5. The zero-order chi connectivity index (χ0) is 19.5. The van der Waals surface area contributed by atoms with Crippen LogP contribution in [0.4, 0.5) is 0 Å². The predicted molar refractivity (Wildman–Crippen MR) is 112 cm³/mol. The van der Waals surface area contributed by atoms with E-state index in [9.17, 15) is 9.59 Å². The van der Waals surface area contributed by atoms with Gasteiger partial charge >= 0.3 is 0 Å². The second kappa shape index (κ2) is 8.57. The maximum absolute atomic E-state index is 12.7. The molecular weight excluding hydrogens is 444 g/mol. The molecule has 0 saturated carbocycles. The second-order valence-electron chi connectivity index (χ2n) is 6.50. The molecule has 1 atom stereocenters. The van der Waals surface area contributed by atoms with Crippen molar-refractivity contribution in [3.63, 3.8) is 0 Å². The zero-order valence-electron chi connectivity index (χ0n) is 15.0. The van der Waals surface area contributed by atoms with Crippen molar-refractivity contribution in [3.05, 3.63) is 67.1 Å². The van der Waals surface area contributed by atoms with Crippen LogP contribution in [0.3, 0.4) is 0 Å². The van der Waals surface area contributed by atoms with Crippen molar-refractivity contribution in [1.29, 1.82) is 0 Å². The molecule has 6 nitrogen and oxygen atoms in total. The molecule has 1 amide bonds. The number of morpholine rings is 1. The molecule has 1 aliphatic heterocycles. The van der Waals surface area contributed by atoms with E-state index in [2.05, 4.69) is 32.2 Å². The molecule has 1 N–H and O–H groups in total. The number of amides is 1. The largest absolute Gasteiger partial charge is 0.451 e. The van der Waals surface area contributed by atoms with E-state index in [4.69, 9.17) is 9.15 Å². The van der Waals surface area contributed by atoms with Gasteiger partial charge in [0.25, 0.3) is 5.91 Å². The molecule has 146 valence electrons. The molecule has 28 heavy (non-hydrogen) atoms. The number of fused-ring (bicyclic) bond motifs is 1. The number of halogens is 1. The van der Waals surface area contributed by atoms with E-state index in [1.807, 2.05) is 11.4 Å². The molecule has 0 spiro atoms. The standard InChI is InChI=1S/C20H19BrN2O4S/c21-13-3-4-17-14(10-13)16(24)11-18(27-17)20(25)22-12-15(19-2-1-9-28-19)23-5-7-26-8-6-23/h1-4,9-11,15H,5-8,12H2,(H,22,25)/t15-/m1/s1. The lowest BCUT2D eigenvalue weighted by Gasteiger charge is -2.34. The van der Waals surface area contributed by atoms with Crippen LogP contribution in [0.15, 0.2) is 55.5 Å². The Morgan fingerprint density at radius 3 is 2.82 bits per heavy atom. The van der Waals surface area contributed by atoms with Crippen LogP contribution in [0.2, 0.25) is 0 Å². The Morgan fingerprint density at radius 1 is 1.25 bits per heavy atom. The van der Waals surface area contributed by atoms with Crippen LogP contribution in [-0.4, -0.2) is 43.7 Å². The molecule has 2 aromatic heterocycles. The third-order valence-electron chi connectivity index (χ3n) is 4.73. The Balaban J connectivity index is 1.53. The quantitative estimate of drug-likeness (QED) is 0.628. The van der Waals surface area contributed by atoms with Crippen LogP contribution in [0.25, 0.3) is 11.0 Å². The summed E-state index contributed by atoms with van der Waals surface area (Å²) in [6.45, 7) is 3.44. The SMILES string of the molecule is O=C(NC[C@H](c1cccs1)N1CCOCC1)c1cc(=O)c2cc(Br)ccc2o1. The first-order valence-corrected chi connectivity index (χ1v) is 10.7. The number of ether oxygens (including phenoxy) is 1. The van der Waals surface area contributed by atoms with Crippen LogP contribution in [0.5, 0.6) is 0 Å². The Hall–Kier alpha value is -2.00. The van der Waals surface area contributed by atoms with Crippen molar-refractivity contribution >= 4 is 44.1 Å².